The van der Waals surface area contributed by atoms with Crippen LogP contribution in [0.1, 0.15) is 66.2 Å². The van der Waals surface area contributed by atoms with Crippen LogP contribution in [0.4, 0.5) is 0 Å². The average molecular weight is 206 g/mol. The molecule has 0 amide bonds. The van der Waals surface area contributed by atoms with Crippen LogP contribution in [0.15, 0.2) is 0 Å². The summed E-state index contributed by atoms with van der Waals surface area (Å²) < 4.78 is 0. The van der Waals surface area contributed by atoms with Crippen molar-refractivity contribution in [2.24, 2.45) is 28.1 Å². The van der Waals surface area contributed by atoms with Gasteiger partial charge in [-0.2, -0.15) is 0 Å². The standard InChI is InChI=1S/C15H26/c1-13(2)10-12-8-11-6-5-7-15(12,9-11)14(13,3)4/h11-12H,5-10H2,1-4H3. The summed E-state index contributed by atoms with van der Waals surface area (Å²) in [5.74, 6) is 2.16. The topological polar surface area (TPSA) is 0 Å². The third-order valence-electron chi connectivity index (χ3n) is 6.98. The summed E-state index contributed by atoms with van der Waals surface area (Å²) in [5, 5.41) is 0. The molecule has 0 N–H and O–H groups in total. The fourth-order valence-electron chi connectivity index (χ4n) is 5.53. The number of hydrogen-bond donors (Lipinski definition) is 0. The molecule has 2 bridgehead atoms. The fourth-order valence-corrected chi connectivity index (χ4v) is 5.53. The van der Waals surface area contributed by atoms with Gasteiger partial charge in [-0.1, -0.05) is 40.5 Å². The second kappa shape index (κ2) is 2.63. The van der Waals surface area contributed by atoms with Crippen molar-refractivity contribution in [2.45, 2.75) is 66.2 Å². The maximum Gasteiger partial charge on any atom is -0.0210 e. The van der Waals surface area contributed by atoms with Crippen molar-refractivity contribution in [3.8, 4) is 0 Å². The molecule has 3 aliphatic rings. The van der Waals surface area contributed by atoms with Gasteiger partial charge in [0.25, 0.3) is 0 Å². The molecular weight excluding hydrogens is 180 g/mol. The van der Waals surface area contributed by atoms with Crippen molar-refractivity contribution in [2.75, 3.05) is 0 Å². The zero-order valence-electron chi connectivity index (χ0n) is 10.9. The molecule has 15 heavy (non-hydrogen) atoms. The van der Waals surface area contributed by atoms with E-state index in [0.717, 1.165) is 17.3 Å². The van der Waals surface area contributed by atoms with Crippen molar-refractivity contribution in [1.29, 1.82) is 0 Å². The van der Waals surface area contributed by atoms with Gasteiger partial charge in [0.05, 0.1) is 0 Å². The lowest BCUT2D eigenvalue weighted by atomic mass is 9.55. The van der Waals surface area contributed by atoms with Crippen LogP contribution in [0.2, 0.25) is 0 Å². The summed E-state index contributed by atoms with van der Waals surface area (Å²) in [6.45, 7) is 10.2. The van der Waals surface area contributed by atoms with Crippen LogP contribution in [0.25, 0.3) is 0 Å². The molecule has 0 aromatic heterocycles. The molecule has 3 saturated carbocycles. The molecule has 3 aliphatic carbocycles. The summed E-state index contributed by atoms with van der Waals surface area (Å²) >= 11 is 0. The van der Waals surface area contributed by atoms with Gasteiger partial charge < -0.3 is 0 Å². The Morgan fingerprint density at radius 2 is 1.73 bits per heavy atom. The van der Waals surface area contributed by atoms with E-state index < -0.39 is 0 Å². The SMILES string of the molecule is CC1(C)CC2CC3CCCC2(C3)C1(C)C. The van der Waals surface area contributed by atoms with Gasteiger partial charge in [-0.3, -0.25) is 0 Å². The third kappa shape index (κ3) is 0.996. The molecule has 0 radical (unpaired) electrons. The van der Waals surface area contributed by atoms with Crippen molar-refractivity contribution < 1.29 is 0 Å². The van der Waals surface area contributed by atoms with E-state index in [2.05, 4.69) is 27.7 Å². The molecule has 0 nitrogen and oxygen atoms in total. The fraction of sp³-hybridized carbons (Fsp3) is 1.00. The highest BCUT2D eigenvalue weighted by Crippen LogP contribution is 2.75. The van der Waals surface area contributed by atoms with E-state index in [0.29, 0.717) is 10.8 Å². The average Bonchev–Trinajstić information content (AvgIpc) is 2.44. The Morgan fingerprint density at radius 3 is 2.47 bits per heavy atom. The smallest absolute Gasteiger partial charge is 0.0210 e. The van der Waals surface area contributed by atoms with Crippen molar-refractivity contribution >= 4 is 0 Å². The van der Waals surface area contributed by atoms with Crippen LogP contribution in [0, 0.1) is 28.1 Å². The summed E-state index contributed by atoms with van der Waals surface area (Å²) in [4.78, 5) is 0. The minimum absolute atomic E-state index is 0.569. The zero-order valence-corrected chi connectivity index (χ0v) is 10.9. The monoisotopic (exact) mass is 206 g/mol. The second-order valence-corrected chi connectivity index (χ2v) is 7.76. The van der Waals surface area contributed by atoms with E-state index in [1.807, 2.05) is 0 Å². The lowest BCUT2D eigenvalue weighted by molar-refractivity contribution is -0.00799. The van der Waals surface area contributed by atoms with Crippen molar-refractivity contribution in [3.63, 3.8) is 0 Å². The van der Waals surface area contributed by atoms with Crippen LogP contribution < -0.4 is 0 Å². The summed E-state index contributed by atoms with van der Waals surface area (Å²) in [7, 11) is 0. The van der Waals surface area contributed by atoms with Gasteiger partial charge in [0, 0.05) is 0 Å². The highest BCUT2D eigenvalue weighted by atomic mass is 14.7. The van der Waals surface area contributed by atoms with E-state index in [1.54, 1.807) is 12.8 Å². The zero-order chi connectivity index (χ0) is 10.9. The first kappa shape index (κ1) is 10.2. The first-order chi connectivity index (χ1) is 6.89. The Kier molecular flexibility index (Phi) is 1.78. The molecule has 3 fully saturated rings. The van der Waals surface area contributed by atoms with Crippen LogP contribution in [0.5, 0.6) is 0 Å². The highest BCUT2D eigenvalue weighted by Gasteiger charge is 2.66. The first-order valence-electron chi connectivity index (χ1n) is 6.89. The minimum atomic E-state index is 0.569. The van der Waals surface area contributed by atoms with Gasteiger partial charge in [0.2, 0.25) is 0 Å². The summed E-state index contributed by atoms with van der Waals surface area (Å²) in [6, 6.07) is 0. The van der Waals surface area contributed by atoms with Crippen LogP contribution in [-0.4, -0.2) is 0 Å². The van der Waals surface area contributed by atoms with Crippen molar-refractivity contribution in [3.05, 3.63) is 0 Å². The van der Waals surface area contributed by atoms with Crippen LogP contribution in [-0.2, 0) is 0 Å². The largest absolute Gasteiger partial charge is 0.0594 e. The number of rotatable bonds is 0. The third-order valence-corrected chi connectivity index (χ3v) is 6.98. The molecule has 3 rings (SSSR count). The quantitative estimate of drug-likeness (QED) is 0.541. The second-order valence-electron chi connectivity index (χ2n) is 7.76. The van der Waals surface area contributed by atoms with Gasteiger partial charge in [0.15, 0.2) is 0 Å². The Bertz CT molecular complexity index is 286. The predicted molar refractivity (Wildman–Crippen MR) is 64.7 cm³/mol. The minimum Gasteiger partial charge on any atom is -0.0594 e. The van der Waals surface area contributed by atoms with Crippen molar-refractivity contribution in [1.82, 2.24) is 0 Å². The molecule has 3 unspecified atom stereocenters. The normalized spacial score (nSPS) is 50.4. The lowest BCUT2D eigenvalue weighted by Crippen LogP contribution is -2.42. The molecule has 0 heteroatoms. The molecule has 0 saturated heterocycles. The van der Waals surface area contributed by atoms with Gasteiger partial charge in [-0.15, -0.1) is 0 Å². The Balaban J connectivity index is 2.06. The highest BCUT2D eigenvalue weighted by molar-refractivity contribution is 5.15. The molecule has 1 spiro atoms. The van der Waals surface area contributed by atoms with E-state index in [4.69, 9.17) is 0 Å². The predicted octanol–water partition coefficient (Wildman–Crippen LogP) is 4.64. The number of fused-ring (bicyclic) bond motifs is 1. The molecule has 0 heterocycles. The maximum atomic E-state index is 2.57. The molecule has 0 aliphatic heterocycles. The van der Waals surface area contributed by atoms with Gasteiger partial charge in [0.1, 0.15) is 0 Å². The van der Waals surface area contributed by atoms with E-state index in [-0.39, 0.29) is 0 Å². The Morgan fingerprint density at radius 1 is 1.00 bits per heavy atom. The van der Waals surface area contributed by atoms with Crippen LogP contribution >= 0.6 is 0 Å². The van der Waals surface area contributed by atoms with E-state index in [9.17, 15) is 0 Å². The van der Waals surface area contributed by atoms with Gasteiger partial charge >= 0.3 is 0 Å². The summed E-state index contributed by atoms with van der Waals surface area (Å²) in [5.41, 5.74) is 1.87. The summed E-state index contributed by atoms with van der Waals surface area (Å²) in [6.07, 6.45) is 9.21. The van der Waals surface area contributed by atoms with Crippen LogP contribution in [0.3, 0.4) is 0 Å². The lowest BCUT2D eigenvalue weighted by Gasteiger charge is -2.50. The molecular formula is C15H26. The number of hydrogen-bond acceptors (Lipinski definition) is 0. The Labute approximate surface area is 94.8 Å². The molecule has 3 atom stereocenters. The molecule has 0 aromatic rings. The van der Waals surface area contributed by atoms with Gasteiger partial charge in [-0.05, 0) is 53.8 Å². The maximum absolute atomic E-state index is 2.57. The van der Waals surface area contributed by atoms with E-state index >= 15 is 0 Å². The Hall–Kier alpha value is 0. The van der Waals surface area contributed by atoms with E-state index in [1.165, 1.54) is 25.7 Å². The van der Waals surface area contributed by atoms with Gasteiger partial charge in [-0.25, -0.2) is 0 Å². The molecule has 0 aromatic carbocycles. The molecule has 86 valence electrons. The first-order valence-corrected chi connectivity index (χ1v) is 6.89.